The van der Waals surface area contributed by atoms with Crippen molar-refractivity contribution in [1.29, 1.82) is 0 Å². The van der Waals surface area contributed by atoms with Gasteiger partial charge in [-0.25, -0.2) is 0 Å². The van der Waals surface area contributed by atoms with Crippen molar-refractivity contribution in [1.82, 2.24) is 0 Å². The van der Waals surface area contributed by atoms with E-state index in [2.05, 4.69) is 15.9 Å². The van der Waals surface area contributed by atoms with Crippen molar-refractivity contribution < 1.29 is 9.53 Å². The fraction of sp³-hybridized carbons (Fsp3) is 0.154. The number of ether oxygens (including phenoxy) is 1. The van der Waals surface area contributed by atoms with Gasteiger partial charge in [0.15, 0.2) is 5.78 Å². The summed E-state index contributed by atoms with van der Waals surface area (Å²) in [6.45, 7) is 1.58. The zero-order valence-corrected chi connectivity index (χ0v) is 10.7. The lowest BCUT2D eigenvalue weighted by molar-refractivity contribution is 0.101. The third-order valence-corrected chi connectivity index (χ3v) is 3.38. The van der Waals surface area contributed by atoms with Gasteiger partial charge in [0.25, 0.3) is 0 Å². The van der Waals surface area contributed by atoms with Gasteiger partial charge in [0.2, 0.25) is 0 Å². The smallest absolute Gasteiger partial charge is 0.160 e. The van der Waals surface area contributed by atoms with E-state index in [1.165, 1.54) is 0 Å². The molecule has 2 rings (SSSR count). The van der Waals surface area contributed by atoms with Gasteiger partial charge in [-0.2, -0.15) is 0 Å². The lowest BCUT2D eigenvalue weighted by Gasteiger charge is -2.08. The fourth-order valence-electron chi connectivity index (χ4n) is 1.77. The maximum absolute atomic E-state index is 11.5. The van der Waals surface area contributed by atoms with Gasteiger partial charge < -0.3 is 4.74 Å². The zero-order chi connectivity index (χ0) is 11.7. The number of hydrogen-bond acceptors (Lipinski definition) is 2. The highest BCUT2D eigenvalue weighted by Gasteiger charge is 2.10. The molecule has 0 aliphatic carbocycles. The van der Waals surface area contributed by atoms with Crippen molar-refractivity contribution in [2.24, 2.45) is 0 Å². The van der Waals surface area contributed by atoms with Gasteiger partial charge in [-0.05, 0) is 40.4 Å². The predicted molar refractivity (Wildman–Crippen MR) is 68.2 cm³/mol. The topological polar surface area (TPSA) is 26.3 Å². The quantitative estimate of drug-likeness (QED) is 0.781. The number of Topliss-reactive ketones (excluding diaryl/α,β-unsaturated/α-hetero) is 1. The molecule has 0 aliphatic rings. The summed E-state index contributed by atoms with van der Waals surface area (Å²) < 4.78 is 6.11. The number of halogens is 1. The van der Waals surface area contributed by atoms with Crippen molar-refractivity contribution in [3.63, 3.8) is 0 Å². The summed E-state index contributed by atoms with van der Waals surface area (Å²) in [5, 5.41) is 1.94. The SMILES string of the molecule is COc1ccc2c(C(C)=O)cccc2c1Br. The Bertz CT molecular complexity index is 561. The highest BCUT2D eigenvalue weighted by molar-refractivity contribution is 9.10. The highest BCUT2D eigenvalue weighted by atomic mass is 79.9. The molecule has 0 amide bonds. The van der Waals surface area contributed by atoms with E-state index < -0.39 is 0 Å². The van der Waals surface area contributed by atoms with E-state index in [1.807, 2.05) is 30.3 Å². The first-order chi connectivity index (χ1) is 7.65. The molecule has 0 atom stereocenters. The molecule has 82 valence electrons. The summed E-state index contributed by atoms with van der Waals surface area (Å²) in [7, 11) is 1.63. The monoisotopic (exact) mass is 278 g/mol. The summed E-state index contributed by atoms with van der Waals surface area (Å²) >= 11 is 3.49. The van der Waals surface area contributed by atoms with E-state index in [-0.39, 0.29) is 5.78 Å². The van der Waals surface area contributed by atoms with Crippen molar-refractivity contribution in [3.8, 4) is 5.75 Å². The second-order valence-corrected chi connectivity index (χ2v) is 4.33. The normalized spacial score (nSPS) is 10.4. The first-order valence-electron chi connectivity index (χ1n) is 4.91. The molecule has 2 aromatic rings. The molecular weight excluding hydrogens is 268 g/mol. The Balaban J connectivity index is 2.82. The van der Waals surface area contributed by atoms with E-state index in [0.717, 1.165) is 26.6 Å². The first kappa shape index (κ1) is 11.1. The van der Waals surface area contributed by atoms with E-state index in [9.17, 15) is 4.79 Å². The van der Waals surface area contributed by atoms with Crippen LogP contribution in [0.2, 0.25) is 0 Å². The van der Waals surface area contributed by atoms with E-state index in [0.29, 0.717) is 0 Å². The molecule has 16 heavy (non-hydrogen) atoms. The Morgan fingerprint density at radius 1 is 1.19 bits per heavy atom. The zero-order valence-electron chi connectivity index (χ0n) is 9.08. The molecule has 0 saturated carbocycles. The van der Waals surface area contributed by atoms with Gasteiger partial charge in [0.1, 0.15) is 5.75 Å². The Hall–Kier alpha value is -1.35. The Morgan fingerprint density at radius 2 is 1.94 bits per heavy atom. The molecule has 0 unspecified atom stereocenters. The van der Waals surface area contributed by atoms with E-state index in [4.69, 9.17) is 4.74 Å². The number of methoxy groups -OCH3 is 1. The molecule has 0 radical (unpaired) electrons. The Morgan fingerprint density at radius 3 is 2.56 bits per heavy atom. The van der Waals surface area contributed by atoms with Gasteiger partial charge in [-0.15, -0.1) is 0 Å². The number of rotatable bonds is 2. The van der Waals surface area contributed by atoms with Crippen LogP contribution in [0.4, 0.5) is 0 Å². The van der Waals surface area contributed by atoms with Crippen molar-refractivity contribution in [3.05, 3.63) is 40.4 Å². The Kier molecular flexibility index (Phi) is 2.97. The number of fused-ring (bicyclic) bond motifs is 1. The third kappa shape index (κ3) is 1.71. The third-order valence-electron chi connectivity index (χ3n) is 2.56. The standard InChI is InChI=1S/C13H11BrO2/c1-8(15)9-4-3-5-11-10(9)6-7-12(16-2)13(11)14/h3-7H,1-2H3. The molecule has 0 N–H and O–H groups in total. The van der Waals surface area contributed by atoms with Gasteiger partial charge in [-0.1, -0.05) is 18.2 Å². The molecule has 0 aromatic heterocycles. The van der Waals surface area contributed by atoms with Crippen LogP contribution in [0, 0.1) is 0 Å². The largest absolute Gasteiger partial charge is 0.496 e. The minimum absolute atomic E-state index is 0.0719. The summed E-state index contributed by atoms with van der Waals surface area (Å²) in [6, 6.07) is 9.45. The maximum atomic E-state index is 11.5. The minimum Gasteiger partial charge on any atom is -0.496 e. The van der Waals surface area contributed by atoms with Gasteiger partial charge >= 0.3 is 0 Å². The van der Waals surface area contributed by atoms with Gasteiger partial charge in [-0.3, -0.25) is 4.79 Å². The fourth-order valence-corrected chi connectivity index (χ4v) is 2.41. The maximum Gasteiger partial charge on any atom is 0.160 e. The number of carbonyl (C=O) groups is 1. The van der Waals surface area contributed by atoms with Crippen LogP contribution in [0.1, 0.15) is 17.3 Å². The lowest BCUT2D eigenvalue weighted by atomic mass is 10.0. The van der Waals surface area contributed by atoms with Crippen molar-refractivity contribution in [2.45, 2.75) is 6.92 Å². The van der Waals surface area contributed by atoms with Crippen LogP contribution in [0.3, 0.4) is 0 Å². The van der Waals surface area contributed by atoms with Crippen LogP contribution in [-0.2, 0) is 0 Å². The molecule has 2 nitrogen and oxygen atoms in total. The minimum atomic E-state index is 0.0719. The predicted octanol–water partition coefficient (Wildman–Crippen LogP) is 3.81. The summed E-state index contributed by atoms with van der Waals surface area (Å²) in [5.74, 6) is 0.843. The first-order valence-corrected chi connectivity index (χ1v) is 5.70. The molecule has 3 heteroatoms. The lowest BCUT2D eigenvalue weighted by Crippen LogP contribution is -1.94. The van der Waals surface area contributed by atoms with E-state index in [1.54, 1.807) is 14.0 Å². The van der Waals surface area contributed by atoms with Crippen LogP contribution in [0.5, 0.6) is 5.75 Å². The van der Waals surface area contributed by atoms with Gasteiger partial charge in [0, 0.05) is 10.9 Å². The van der Waals surface area contributed by atoms with Crippen LogP contribution in [0.15, 0.2) is 34.8 Å². The van der Waals surface area contributed by atoms with Crippen LogP contribution in [-0.4, -0.2) is 12.9 Å². The molecule has 0 aliphatic heterocycles. The second kappa shape index (κ2) is 4.26. The van der Waals surface area contributed by atoms with Crippen LogP contribution < -0.4 is 4.74 Å². The number of hydrogen-bond donors (Lipinski definition) is 0. The number of ketones is 1. The second-order valence-electron chi connectivity index (χ2n) is 3.54. The van der Waals surface area contributed by atoms with Gasteiger partial charge in [0.05, 0.1) is 11.6 Å². The molecule has 0 bridgehead atoms. The number of carbonyl (C=O) groups excluding carboxylic acids is 1. The molecule has 0 heterocycles. The summed E-state index contributed by atoms with van der Waals surface area (Å²) in [5.41, 5.74) is 0.737. The molecule has 0 saturated heterocycles. The summed E-state index contributed by atoms with van der Waals surface area (Å²) in [4.78, 5) is 11.5. The highest BCUT2D eigenvalue weighted by Crippen LogP contribution is 2.34. The molecular formula is C13H11BrO2. The van der Waals surface area contributed by atoms with Crippen LogP contribution >= 0.6 is 15.9 Å². The van der Waals surface area contributed by atoms with Crippen molar-refractivity contribution >= 4 is 32.5 Å². The molecule has 0 spiro atoms. The van der Waals surface area contributed by atoms with E-state index >= 15 is 0 Å². The number of benzene rings is 2. The van der Waals surface area contributed by atoms with Crippen molar-refractivity contribution in [2.75, 3.05) is 7.11 Å². The molecule has 2 aromatic carbocycles. The Labute approximate surface area is 102 Å². The van der Waals surface area contributed by atoms with Crippen LogP contribution in [0.25, 0.3) is 10.8 Å². The summed E-state index contributed by atoms with van der Waals surface area (Å²) in [6.07, 6.45) is 0. The average molecular weight is 279 g/mol. The molecule has 0 fully saturated rings. The average Bonchev–Trinajstić information content (AvgIpc) is 2.29.